The van der Waals surface area contributed by atoms with Gasteiger partial charge in [0, 0.05) is 0 Å². The third kappa shape index (κ3) is 6.72. The van der Waals surface area contributed by atoms with Gasteiger partial charge < -0.3 is 9.05 Å². The maximum Gasteiger partial charge on any atom is 0.527 e. The molecule has 4 N–H and O–H groups in total. The fourth-order valence-electron chi connectivity index (χ4n) is 0.291. The standard InChI is InChI=1S/C2H4O10P2/c3-1(11-13(5,6)7)2(4)12-14(8,9)10/h(H2,5,6,7)(H2,8,9,10). The molecule has 0 aliphatic carbocycles. The number of hydrogen-bond acceptors (Lipinski definition) is 6. The molecule has 0 aromatic carbocycles. The van der Waals surface area contributed by atoms with Crippen LogP contribution in [0.1, 0.15) is 0 Å². The number of carbonyl (C=O) groups excluding carboxylic acids is 2. The van der Waals surface area contributed by atoms with Gasteiger partial charge in [-0.1, -0.05) is 0 Å². The van der Waals surface area contributed by atoms with E-state index in [0.29, 0.717) is 0 Å². The molecule has 0 aromatic rings. The molecule has 0 fully saturated rings. The van der Waals surface area contributed by atoms with Crippen molar-refractivity contribution in [2.75, 3.05) is 0 Å². The third-order valence-corrected chi connectivity index (χ3v) is 1.38. The Morgan fingerprint density at radius 3 is 1.14 bits per heavy atom. The molecule has 0 spiro atoms. The first-order chi connectivity index (χ1) is 6.01. The summed E-state index contributed by atoms with van der Waals surface area (Å²) in [5.74, 6) is -4.41. The van der Waals surface area contributed by atoms with E-state index in [1.54, 1.807) is 0 Å². The second kappa shape index (κ2) is 4.18. The first-order valence-electron chi connectivity index (χ1n) is 2.60. The maximum absolute atomic E-state index is 10.3. The molecule has 0 rings (SSSR count). The lowest BCUT2D eigenvalue weighted by Gasteiger charge is -2.05. The number of hydrogen-bond donors (Lipinski definition) is 4. The minimum atomic E-state index is -5.24. The van der Waals surface area contributed by atoms with Crippen LogP contribution in [0.4, 0.5) is 0 Å². The molecule has 12 heteroatoms. The molecule has 0 atom stereocenters. The Labute approximate surface area is 75.9 Å². The molecule has 0 amide bonds. The van der Waals surface area contributed by atoms with E-state index >= 15 is 0 Å². The smallest absolute Gasteiger partial charge is 0.362 e. The molecule has 10 nitrogen and oxygen atoms in total. The van der Waals surface area contributed by atoms with Crippen LogP contribution in [0.15, 0.2) is 0 Å². The average Bonchev–Trinajstić information content (AvgIpc) is 1.78. The van der Waals surface area contributed by atoms with Crippen LogP contribution in [-0.4, -0.2) is 31.5 Å². The summed E-state index contributed by atoms with van der Waals surface area (Å²) in [6.07, 6.45) is 0. The zero-order chi connectivity index (χ0) is 11.6. The molecule has 0 heterocycles. The number of rotatable bonds is 2. The van der Waals surface area contributed by atoms with Crippen LogP contribution in [0.5, 0.6) is 0 Å². The van der Waals surface area contributed by atoms with Crippen molar-refractivity contribution >= 4 is 27.6 Å². The molecule has 82 valence electrons. The van der Waals surface area contributed by atoms with Gasteiger partial charge in [-0.3, -0.25) is 19.6 Å². The lowest BCUT2D eigenvalue weighted by Crippen LogP contribution is -2.18. The van der Waals surface area contributed by atoms with Crippen LogP contribution >= 0.6 is 15.6 Å². The summed E-state index contributed by atoms with van der Waals surface area (Å²) in [4.78, 5) is 52.6. The SMILES string of the molecule is O=C(OP(=O)(O)O)C(=O)OP(=O)(O)O. The Morgan fingerprint density at radius 2 is 1.00 bits per heavy atom. The molecular formula is C2H4O10P2. The first kappa shape index (κ1) is 13.2. The zero-order valence-corrected chi connectivity index (χ0v) is 7.92. The Balaban J connectivity index is 4.37. The molecule has 14 heavy (non-hydrogen) atoms. The van der Waals surface area contributed by atoms with Crippen LogP contribution in [-0.2, 0) is 27.8 Å². The highest BCUT2D eigenvalue weighted by atomic mass is 31.2. The fraction of sp³-hybridized carbons (Fsp3) is 0. The highest BCUT2D eigenvalue weighted by Gasteiger charge is 2.32. The quantitative estimate of drug-likeness (QED) is 0.326. The van der Waals surface area contributed by atoms with Gasteiger partial charge >= 0.3 is 27.6 Å². The predicted octanol–water partition coefficient (Wildman–Crippen LogP) is -1.74. The Bertz CT molecular complexity index is 296. The molecule has 0 bridgehead atoms. The van der Waals surface area contributed by atoms with Crippen molar-refractivity contribution in [2.24, 2.45) is 0 Å². The van der Waals surface area contributed by atoms with Gasteiger partial charge in [0.15, 0.2) is 0 Å². The van der Waals surface area contributed by atoms with Gasteiger partial charge in [0.1, 0.15) is 0 Å². The molecule has 0 aliphatic heterocycles. The lowest BCUT2D eigenvalue weighted by atomic mass is 10.7. The molecule has 0 aromatic heterocycles. The van der Waals surface area contributed by atoms with Gasteiger partial charge in [0.25, 0.3) is 0 Å². The summed E-state index contributed by atoms with van der Waals surface area (Å²) in [6.45, 7) is 0. The van der Waals surface area contributed by atoms with Crippen LogP contribution in [0.2, 0.25) is 0 Å². The van der Waals surface area contributed by atoms with Crippen molar-refractivity contribution in [2.45, 2.75) is 0 Å². The number of carbonyl (C=O) groups is 2. The minimum Gasteiger partial charge on any atom is -0.362 e. The molecule has 0 saturated heterocycles. The van der Waals surface area contributed by atoms with Crippen molar-refractivity contribution in [1.82, 2.24) is 0 Å². The molecular weight excluding hydrogens is 246 g/mol. The summed E-state index contributed by atoms with van der Waals surface area (Å²) < 4.78 is 26.2. The first-order valence-corrected chi connectivity index (χ1v) is 5.66. The monoisotopic (exact) mass is 250 g/mol. The topological polar surface area (TPSA) is 168 Å². The average molecular weight is 250 g/mol. The normalized spacial score (nSPS) is 12.0. The predicted molar refractivity (Wildman–Crippen MR) is 36.3 cm³/mol. The van der Waals surface area contributed by atoms with Gasteiger partial charge in [-0.15, -0.1) is 0 Å². The summed E-state index contributed by atoms with van der Waals surface area (Å²) in [5.41, 5.74) is 0. The highest BCUT2D eigenvalue weighted by Crippen LogP contribution is 2.39. The third-order valence-electron chi connectivity index (χ3n) is 0.570. The van der Waals surface area contributed by atoms with Crippen LogP contribution in [0, 0.1) is 0 Å². The fourth-order valence-corrected chi connectivity index (χ4v) is 0.872. The van der Waals surface area contributed by atoms with Crippen LogP contribution < -0.4 is 0 Å². The van der Waals surface area contributed by atoms with Crippen molar-refractivity contribution in [3.8, 4) is 0 Å². The van der Waals surface area contributed by atoms with Crippen molar-refractivity contribution < 1.29 is 47.3 Å². The van der Waals surface area contributed by atoms with E-state index in [2.05, 4.69) is 9.05 Å². The number of phosphoric acid groups is 2. The molecule has 0 unspecified atom stereocenters. The summed E-state index contributed by atoms with van der Waals surface area (Å²) in [5, 5.41) is 0. The van der Waals surface area contributed by atoms with E-state index in [1.165, 1.54) is 0 Å². The van der Waals surface area contributed by atoms with Gasteiger partial charge in [-0.2, -0.15) is 0 Å². The Morgan fingerprint density at radius 1 is 0.786 bits per heavy atom. The maximum atomic E-state index is 10.3. The van der Waals surface area contributed by atoms with E-state index in [1.807, 2.05) is 0 Å². The van der Waals surface area contributed by atoms with E-state index in [4.69, 9.17) is 19.6 Å². The van der Waals surface area contributed by atoms with E-state index < -0.39 is 27.6 Å². The van der Waals surface area contributed by atoms with E-state index in [-0.39, 0.29) is 0 Å². The summed E-state index contributed by atoms with van der Waals surface area (Å²) >= 11 is 0. The van der Waals surface area contributed by atoms with E-state index in [9.17, 15) is 18.7 Å². The van der Waals surface area contributed by atoms with Gasteiger partial charge in [0.05, 0.1) is 0 Å². The van der Waals surface area contributed by atoms with Gasteiger partial charge in [-0.25, -0.2) is 18.7 Å². The second-order valence-electron chi connectivity index (χ2n) is 1.74. The van der Waals surface area contributed by atoms with Gasteiger partial charge in [0.2, 0.25) is 0 Å². The Hall–Kier alpha value is -0.760. The highest BCUT2D eigenvalue weighted by molar-refractivity contribution is 7.47. The zero-order valence-electron chi connectivity index (χ0n) is 6.13. The minimum absolute atomic E-state index is 2.21. The van der Waals surface area contributed by atoms with Crippen molar-refractivity contribution in [3.63, 3.8) is 0 Å². The largest absolute Gasteiger partial charge is 0.527 e. The van der Waals surface area contributed by atoms with Crippen LogP contribution in [0.25, 0.3) is 0 Å². The summed E-state index contributed by atoms with van der Waals surface area (Å²) in [6, 6.07) is 0. The summed E-state index contributed by atoms with van der Waals surface area (Å²) in [7, 11) is -10.5. The molecule has 0 radical (unpaired) electrons. The molecule has 0 saturated carbocycles. The Kier molecular flexibility index (Phi) is 3.95. The lowest BCUT2D eigenvalue weighted by molar-refractivity contribution is -0.158. The van der Waals surface area contributed by atoms with E-state index in [0.717, 1.165) is 0 Å². The number of phosphoric ester groups is 2. The van der Waals surface area contributed by atoms with Crippen LogP contribution in [0.3, 0.4) is 0 Å². The van der Waals surface area contributed by atoms with Crippen molar-refractivity contribution in [3.05, 3.63) is 0 Å². The van der Waals surface area contributed by atoms with Gasteiger partial charge in [-0.05, 0) is 0 Å². The molecule has 0 aliphatic rings. The van der Waals surface area contributed by atoms with Crippen molar-refractivity contribution in [1.29, 1.82) is 0 Å². The second-order valence-corrected chi connectivity index (χ2v) is 4.07.